The van der Waals surface area contributed by atoms with Crippen LogP contribution in [0.1, 0.15) is 89.5 Å². The van der Waals surface area contributed by atoms with E-state index >= 15 is 4.39 Å². The third-order valence-corrected chi connectivity index (χ3v) is 8.46. The fourth-order valence-corrected chi connectivity index (χ4v) is 5.18. The molecule has 0 aliphatic carbocycles. The number of nitrogens with one attached hydrogen (secondary N) is 1. The second kappa shape index (κ2) is 19.3. The number of unbranched alkanes of at least 4 members (excludes halogenated alkanes) is 4. The molecule has 3 rings (SSSR count). The topological polar surface area (TPSA) is 116 Å². The van der Waals surface area contributed by atoms with Crippen LogP contribution in [0.4, 0.5) is 14.9 Å². The molecule has 1 atom stereocenters. The molecular weight excluding hydrogens is 643 g/mol. The van der Waals surface area contributed by atoms with Crippen LogP contribution in [0.25, 0.3) is 0 Å². The van der Waals surface area contributed by atoms with Gasteiger partial charge >= 0.3 is 12.0 Å². The zero-order chi connectivity index (χ0) is 36.7. The number of nitrogens with zero attached hydrogens (tertiary/aromatic N) is 1. The van der Waals surface area contributed by atoms with E-state index in [1.807, 2.05) is 12.1 Å². The number of ether oxygens (including phenoxy) is 5. The Morgan fingerprint density at radius 2 is 1.52 bits per heavy atom. The van der Waals surface area contributed by atoms with Crippen LogP contribution in [0.5, 0.6) is 11.5 Å². The SMILES string of the molecule is CCCCCCCN(Cc1ccc(OC(C)(C)C(=O)OCC)cc1)C(=O)Nc1c(F)cccc1OCc1ccc(C(O)C(C)(OC)OC)cc1. The van der Waals surface area contributed by atoms with Crippen molar-refractivity contribution < 1.29 is 42.8 Å². The van der Waals surface area contributed by atoms with Crippen molar-refractivity contribution in [1.82, 2.24) is 4.90 Å². The van der Waals surface area contributed by atoms with E-state index in [1.54, 1.807) is 75.1 Å². The van der Waals surface area contributed by atoms with Crippen LogP contribution in [0.15, 0.2) is 66.7 Å². The summed E-state index contributed by atoms with van der Waals surface area (Å²) in [6.07, 6.45) is 4.03. The Morgan fingerprint density at radius 1 is 0.880 bits per heavy atom. The Bertz CT molecular complexity index is 1490. The summed E-state index contributed by atoms with van der Waals surface area (Å²) in [6, 6.07) is 18.2. The molecule has 274 valence electrons. The molecule has 0 saturated carbocycles. The maximum absolute atomic E-state index is 15.2. The highest BCUT2D eigenvalue weighted by Gasteiger charge is 2.34. The molecule has 50 heavy (non-hydrogen) atoms. The van der Waals surface area contributed by atoms with Gasteiger partial charge in [-0.15, -0.1) is 0 Å². The lowest BCUT2D eigenvalue weighted by molar-refractivity contribution is -0.249. The summed E-state index contributed by atoms with van der Waals surface area (Å²) >= 11 is 0. The lowest BCUT2D eigenvalue weighted by Gasteiger charge is -2.31. The number of anilines is 1. The van der Waals surface area contributed by atoms with Gasteiger partial charge in [0.25, 0.3) is 0 Å². The van der Waals surface area contributed by atoms with Gasteiger partial charge < -0.3 is 39.0 Å². The number of urea groups is 1. The van der Waals surface area contributed by atoms with E-state index in [4.69, 9.17) is 23.7 Å². The summed E-state index contributed by atoms with van der Waals surface area (Å²) < 4.78 is 42.8. The monoisotopic (exact) mass is 696 g/mol. The second-order valence-electron chi connectivity index (χ2n) is 12.7. The van der Waals surface area contributed by atoms with Crippen LogP contribution < -0.4 is 14.8 Å². The zero-order valence-corrected chi connectivity index (χ0v) is 30.4. The predicted octanol–water partition coefficient (Wildman–Crippen LogP) is 8.17. The van der Waals surface area contributed by atoms with Crippen molar-refractivity contribution in [2.45, 2.75) is 97.4 Å². The van der Waals surface area contributed by atoms with Gasteiger partial charge in [0.05, 0.1) is 6.61 Å². The lowest BCUT2D eigenvalue weighted by atomic mass is 10.0. The van der Waals surface area contributed by atoms with Gasteiger partial charge in [-0.25, -0.2) is 14.0 Å². The van der Waals surface area contributed by atoms with Crippen molar-refractivity contribution >= 4 is 17.7 Å². The first-order chi connectivity index (χ1) is 23.9. The van der Waals surface area contributed by atoms with Crippen LogP contribution in [0.2, 0.25) is 0 Å². The number of halogens is 1. The maximum Gasteiger partial charge on any atom is 0.349 e. The Hall–Kier alpha value is -4.19. The molecule has 1 unspecified atom stereocenters. The van der Waals surface area contributed by atoms with Crippen LogP contribution in [0.3, 0.4) is 0 Å². The minimum Gasteiger partial charge on any atom is -0.487 e. The van der Waals surface area contributed by atoms with Gasteiger partial charge in [-0.1, -0.05) is 75.1 Å². The Labute approximate surface area is 295 Å². The molecule has 0 aromatic heterocycles. The molecule has 11 heteroatoms. The van der Waals surface area contributed by atoms with E-state index in [1.165, 1.54) is 26.4 Å². The van der Waals surface area contributed by atoms with Crippen molar-refractivity contribution in [3.05, 3.63) is 89.2 Å². The summed E-state index contributed by atoms with van der Waals surface area (Å²) in [5, 5.41) is 13.5. The highest BCUT2D eigenvalue weighted by Crippen LogP contribution is 2.31. The molecule has 3 aromatic carbocycles. The van der Waals surface area contributed by atoms with Crippen molar-refractivity contribution in [3.8, 4) is 11.5 Å². The number of esters is 1. The van der Waals surface area contributed by atoms with E-state index in [0.29, 0.717) is 17.9 Å². The van der Waals surface area contributed by atoms with Crippen LogP contribution >= 0.6 is 0 Å². The predicted molar refractivity (Wildman–Crippen MR) is 191 cm³/mol. The quantitative estimate of drug-likeness (QED) is 0.0691. The highest BCUT2D eigenvalue weighted by atomic mass is 19.1. The van der Waals surface area contributed by atoms with E-state index < -0.39 is 35.3 Å². The number of amides is 2. The minimum absolute atomic E-state index is 0.0542. The Morgan fingerprint density at radius 3 is 2.14 bits per heavy atom. The number of rotatable bonds is 20. The van der Waals surface area contributed by atoms with E-state index in [2.05, 4.69) is 12.2 Å². The first-order valence-corrected chi connectivity index (χ1v) is 17.2. The number of hydrogen-bond acceptors (Lipinski definition) is 8. The van der Waals surface area contributed by atoms with E-state index in [-0.39, 0.29) is 31.2 Å². The van der Waals surface area contributed by atoms with Crippen LogP contribution in [-0.4, -0.2) is 60.8 Å². The van der Waals surface area contributed by atoms with Crippen LogP contribution in [0, 0.1) is 5.82 Å². The number of benzene rings is 3. The first-order valence-electron chi connectivity index (χ1n) is 17.2. The highest BCUT2D eigenvalue weighted by molar-refractivity contribution is 5.91. The number of para-hydroxylation sites is 1. The molecule has 2 amide bonds. The second-order valence-corrected chi connectivity index (χ2v) is 12.7. The third kappa shape index (κ3) is 11.4. The number of methoxy groups -OCH3 is 2. The van der Waals surface area contributed by atoms with Crippen molar-refractivity contribution in [2.24, 2.45) is 0 Å². The first kappa shape index (κ1) is 40.2. The number of aliphatic hydroxyl groups excluding tert-OH is 1. The summed E-state index contributed by atoms with van der Waals surface area (Å²) in [4.78, 5) is 27.6. The summed E-state index contributed by atoms with van der Waals surface area (Å²) in [5.41, 5.74) is 0.984. The molecule has 2 N–H and O–H groups in total. The van der Waals surface area contributed by atoms with Gasteiger partial charge in [0.2, 0.25) is 0 Å². The average Bonchev–Trinajstić information content (AvgIpc) is 3.11. The molecule has 3 aromatic rings. The van der Waals surface area contributed by atoms with E-state index in [9.17, 15) is 14.7 Å². The Kier molecular flexibility index (Phi) is 15.5. The summed E-state index contributed by atoms with van der Waals surface area (Å²) in [6.45, 7) is 9.92. The molecule has 0 bridgehead atoms. The normalized spacial score (nSPS) is 12.3. The van der Waals surface area contributed by atoms with Crippen molar-refractivity contribution in [2.75, 3.05) is 32.7 Å². The van der Waals surface area contributed by atoms with Crippen molar-refractivity contribution in [3.63, 3.8) is 0 Å². The maximum atomic E-state index is 15.2. The fourth-order valence-electron chi connectivity index (χ4n) is 5.18. The molecule has 0 aliphatic rings. The molecule has 0 fully saturated rings. The molecular formula is C39H53FN2O8. The van der Waals surface area contributed by atoms with Gasteiger partial charge in [0.15, 0.2) is 17.2 Å². The van der Waals surface area contributed by atoms with Gasteiger partial charge in [0.1, 0.15) is 29.9 Å². The smallest absolute Gasteiger partial charge is 0.349 e. The molecule has 0 spiro atoms. The largest absolute Gasteiger partial charge is 0.487 e. The number of carbonyl (C=O) groups is 2. The number of carbonyl (C=O) groups excluding carboxylic acids is 2. The van der Waals surface area contributed by atoms with Crippen LogP contribution in [-0.2, 0) is 32.2 Å². The molecule has 0 heterocycles. The standard InChI is InChI=1S/C39H53FN2O8/c1-8-10-11-12-13-25-42(26-28-19-23-31(24-20-28)50-38(3,4)36(44)48-9-2)37(45)41-34-32(40)15-14-16-33(34)49-27-29-17-21-30(22-18-29)35(43)39(5,46-6)47-7/h14-24,35,43H,8-13,25-27H2,1-7H3,(H,41,45). The molecule has 0 saturated heterocycles. The molecule has 0 aliphatic heterocycles. The third-order valence-electron chi connectivity index (χ3n) is 8.46. The summed E-state index contributed by atoms with van der Waals surface area (Å²) in [7, 11) is 2.92. The van der Waals surface area contributed by atoms with Crippen molar-refractivity contribution in [1.29, 1.82) is 0 Å². The fraction of sp³-hybridized carbons (Fsp3) is 0.487. The molecule has 0 radical (unpaired) electrons. The minimum atomic E-state index is -1.21. The Balaban J connectivity index is 1.73. The van der Waals surface area contributed by atoms with Gasteiger partial charge in [0, 0.05) is 27.3 Å². The van der Waals surface area contributed by atoms with Gasteiger partial charge in [-0.3, -0.25) is 0 Å². The van der Waals surface area contributed by atoms with Gasteiger partial charge in [-0.2, -0.15) is 0 Å². The lowest BCUT2D eigenvalue weighted by Crippen LogP contribution is -2.39. The zero-order valence-electron chi connectivity index (χ0n) is 30.4. The van der Waals surface area contributed by atoms with Gasteiger partial charge in [-0.05, 0) is 75.1 Å². The molecule has 10 nitrogen and oxygen atoms in total. The average molecular weight is 697 g/mol. The number of hydrogen-bond donors (Lipinski definition) is 2. The number of aliphatic hydroxyl groups is 1. The van der Waals surface area contributed by atoms with E-state index in [0.717, 1.165) is 43.2 Å². The summed E-state index contributed by atoms with van der Waals surface area (Å²) in [5.74, 6) is -1.62.